The molecule has 0 saturated carbocycles. The molecule has 0 radical (unpaired) electrons. The van der Waals surface area contributed by atoms with Crippen molar-refractivity contribution in [2.75, 3.05) is 39.3 Å². The third kappa shape index (κ3) is 5.57. The maximum absolute atomic E-state index is 11.7. The fourth-order valence-corrected chi connectivity index (χ4v) is 2.04. The number of piperazine rings is 1. The zero-order chi connectivity index (χ0) is 14.4. The predicted octanol–water partition coefficient (Wildman–Crippen LogP) is -0.151. The Labute approximate surface area is 114 Å². The lowest BCUT2D eigenvalue weighted by Gasteiger charge is -2.36. The summed E-state index contributed by atoms with van der Waals surface area (Å²) in [6.07, 6.45) is 0. The highest BCUT2D eigenvalue weighted by Gasteiger charge is 2.25. The molecule has 0 aromatic rings. The SMILES string of the molecule is CC(C)CNC(=O)CN1CCN(C(C)C(=O)O)CC1. The van der Waals surface area contributed by atoms with Crippen LogP contribution in [-0.4, -0.2) is 72.1 Å². The van der Waals surface area contributed by atoms with Gasteiger partial charge in [-0.3, -0.25) is 19.4 Å². The van der Waals surface area contributed by atoms with E-state index in [0.29, 0.717) is 32.1 Å². The third-order valence-corrected chi connectivity index (χ3v) is 3.39. The number of carbonyl (C=O) groups excluding carboxylic acids is 1. The van der Waals surface area contributed by atoms with Gasteiger partial charge in [0, 0.05) is 32.7 Å². The Kier molecular flexibility index (Phi) is 6.24. The van der Waals surface area contributed by atoms with E-state index < -0.39 is 12.0 Å². The van der Waals surface area contributed by atoms with Crippen molar-refractivity contribution >= 4 is 11.9 Å². The Hall–Kier alpha value is -1.14. The van der Waals surface area contributed by atoms with Crippen LogP contribution in [-0.2, 0) is 9.59 Å². The Morgan fingerprint density at radius 1 is 1.16 bits per heavy atom. The highest BCUT2D eigenvalue weighted by atomic mass is 16.4. The monoisotopic (exact) mass is 271 g/mol. The highest BCUT2D eigenvalue weighted by molar-refractivity contribution is 5.78. The van der Waals surface area contributed by atoms with Crippen molar-refractivity contribution in [3.8, 4) is 0 Å². The first kappa shape index (κ1) is 15.9. The van der Waals surface area contributed by atoms with Crippen molar-refractivity contribution in [2.45, 2.75) is 26.8 Å². The molecule has 0 spiro atoms. The number of carboxylic acid groups (broad SMARTS) is 1. The summed E-state index contributed by atoms with van der Waals surface area (Å²) in [5, 5.41) is 11.8. The predicted molar refractivity (Wildman–Crippen MR) is 73.0 cm³/mol. The Bertz CT molecular complexity index is 312. The molecule has 1 saturated heterocycles. The fourth-order valence-electron chi connectivity index (χ4n) is 2.04. The molecule has 2 N–H and O–H groups in total. The van der Waals surface area contributed by atoms with Crippen LogP contribution in [0.15, 0.2) is 0 Å². The number of hydrogen-bond acceptors (Lipinski definition) is 4. The molecule has 6 heteroatoms. The molecule has 6 nitrogen and oxygen atoms in total. The lowest BCUT2D eigenvalue weighted by Crippen LogP contribution is -2.53. The van der Waals surface area contributed by atoms with Gasteiger partial charge in [0.1, 0.15) is 6.04 Å². The van der Waals surface area contributed by atoms with Crippen LogP contribution in [0.2, 0.25) is 0 Å². The van der Waals surface area contributed by atoms with Crippen molar-refractivity contribution in [3.63, 3.8) is 0 Å². The van der Waals surface area contributed by atoms with Crippen LogP contribution in [0.5, 0.6) is 0 Å². The summed E-state index contributed by atoms with van der Waals surface area (Å²) in [6, 6.07) is -0.447. The van der Waals surface area contributed by atoms with E-state index in [1.165, 1.54) is 0 Å². The van der Waals surface area contributed by atoms with Crippen molar-refractivity contribution in [2.24, 2.45) is 5.92 Å². The largest absolute Gasteiger partial charge is 0.480 e. The number of carboxylic acids is 1. The van der Waals surface area contributed by atoms with E-state index in [4.69, 9.17) is 5.11 Å². The molecule has 1 atom stereocenters. The molecule has 0 aliphatic carbocycles. The summed E-state index contributed by atoms with van der Waals surface area (Å²) in [5.41, 5.74) is 0. The Balaban J connectivity index is 2.26. The van der Waals surface area contributed by atoms with Gasteiger partial charge in [0.2, 0.25) is 5.91 Å². The first-order valence-corrected chi connectivity index (χ1v) is 6.86. The van der Waals surface area contributed by atoms with E-state index in [-0.39, 0.29) is 5.91 Å². The number of hydrogen-bond donors (Lipinski definition) is 2. The van der Waals surface area contributed by atoms with Crippen LogP contribution in [0.4, 0.5) is 0 Å². The third-order valence-electron chi connectivity index (χ3n) is 3.39. The van der Waals surface area contributed by atoms with E-state index in [2.05, 4.69) is 24.1 Å². The number of carbonyl (C=O) groups is 2. The van der Waals surface area contributed by atoms with Gasteiger partial charge in [0.05, 0.1) is 6.54 Å². The lowest BCUT2D eigenvalue weighted by atomic mass is 10.2. The molecule has 0 bridgehead atoms. The number of nitrogens with zero attached hydrogens (tertiary/aromatic N) is 2. The standard InChI is InChI=1S/C13H25N3O3/c1-10(2)8-14-12(17)9-15-4-6-16(7-5-15)11(3)13(18)19/h10-11H,4-9H2,1-3H3,(H,14,17)(H,18,19). The molecule has 110 valence electrons. The van der Waals surface area contributed by atoms with Crippen LogP contribution in [0.25, 0.3) is 0 Å². The minimum absolute atomic E-state index is 0.0495. The molecule has 1 aliphatic heterocycles. The van der Waals surface area contributed by atoms with Gasteiger partial charge in [0.15, 0.2) is 0 Å². The molecule has 1 aliphatic rings. The zero-order valence-electron chi connectivity index (χ0n) is 12.1. The molecule has 1 unspecified atom stereocenters. The average Bonchev–Trinajstić information content (AvgIpc) is 2.36. The van der Waals surface area contributed by atoms with Crippen LogP contribution in [0.3, 0.4) is 0 Å². The smallest absolute Gasteiger partial charge is 0.320 e. The van der Waals surface area contributed by atoms with Crippen LogP contribution >= 0.6 is 0 Å². The van der Waals surface area contributed by atoms with Crippen LogP contribution in [0.1, 0.15) is 20.8 Å². The Morgan fingerprint density at radius 2 is 1.74 bits per heavy atom. The molecule has 19 heavy (non-hydrogen) atoms. The summed E-state index contributed by atoms with van der Waals surface area (Å²) in [5.74, 6) is -0.284. The van der Waals surface area contributed by atoms with Gasteiger partial charge in [-0.2, -0.15) is 0 Å². The number of aliphatic carboxylic acids is 1. The molecule has 0 aromatic carbocycles. The van der Waals surface area contributed by atoms with Gasteiger partial charge < -0.3 is 10.4 Å². The molecule has 1 heterocycles. The van der Waals surface area contributed by atoms with E-state index >= 15 is 0 Å². The zero-order valence-corrected chi connectivity index (χ0v) is 12.1. The molecular weight excluding hydrogens is 246 g/mol. The summed E-state index contributed by atoms with van der Waals surface area (Å²) in [7, 11) is 0. The molecule has 0 aromatic heterocycles. The van der Waals surface area contributed by atoms with Crippen molar-refractivity contribution in [1.82, 2.24) is 15.1 Å². The second-order valence-corrected chi connectivity index (χ2v) is 5.52. The topological polar surface area (TPSA) is 72.9 Å². The first-order chi connectivity index (χ1) is 8.90. The minimum Gasteiger partial charge on any atom is -0.480 e. The second-order valence-electron chi connectivity index (χ2n) is 5.52. The van der Waals surface area contributed by atoms with Crippen LogP contribution < -0.4 is 5.32 Å². The van der Waals surface area contributed by atoms with E-state index in [1.807, 2.05) is 4.90 Å². The van der Waals surface area contributed by atoms with Crippen molar-refractivity contribution in [1.29, 1.82) is 0 Å². The minimum atomic E-state index is -0.789. The van der Waals surface area contributed by atoms with Gasteiger partial charge in [-0.15, -0.1) is 0 Å². The van der Waals surface area contributed by atoms with Gasteiger partial charge in [-0.1, -0.05) is 13.8 Å². The van der Waals surface area contributed by atoms with E-state index in [9.17, 15) is 9.59 Å². The van der Waals surface area contributed by atoms with Gasteiger partial charge >= 0.3 is 5.97 Å². The maximum Gasteiger partial charge on any atom is 0.320 e. The molecule has 1 amide bonds. The van der Waals surface area contributed by atoms with Gasteiger partial charge in [-0.05, 0) is 12.8 Å². The number of amides is 1. The second kappa shape index (κ2) is 7.45. The molecule has 1 rings (SSSR count). The lowest BCUT2D eigenvalue weighted by molar-refractivity contribution is -0.143. The van der Waals surface area contributed by atoms with Crippen molar-refractivity contribution < 1.29 is 14.7 Å². The summed E-state index contributed by atoms with van der Waals surface area (Å²) >= 11 is 0. The maximum atomic E-state index is 11.7. The first-order valence-electron chi connectivity index (χ1n) is 6.86. The summed E-state index contributed by atoms with van der Waals surface area (Å²) in [6.45, 7) is 9.82. The fraction of sp³-hybridized carbons (Fsp3) is 0.846. The number of rotatable bonds is 6. The van der Waals surface area contributed by atoms with E-state index in [1.54, 1.807) is 6.92 Å². The average molecular weight is 271 g/mol. The Morgan fingerprint density at radius 3 is 2.21 bits per heavy atom. The van der Waals surface area contributed by atoms with Crippen LogP contribution in [0, 0.1) is 5.92 Å². The highest BCUT2D eigenvalue weighted by Crippen LogP contribution is 2.06. The molecular formula is C13H25N3O3. The number of nitrogens with one attached hydrogen (secondary N) is 1. The van der Waals surface area contributed by atoms with Gasteiger partial charge in [0.25, 0.3) is 0 Å². The van der Waals surface area contributed by atoms with Crippen molar-refractivity contribution in [3.05, 3.63) is 0 Å². The normalized spacial score (nSPS) is 19.4. The summed E-state index contributed by atoms with van der Waals surface area (Å²) in [4.78, 5) is 26.6. The van der Waals surface area contributed by atoms with Gasteiger partial charge in [-0.25, -0.2) is 0 Å². The molecule has 1 fully saturated rings. The quantitative estimate of drug-likeness (QED) is 0.703. The summed E-state index contributed by atoms with van der Waals surface area (Å²) < 4.78 is 0. The van der Waals surface area contributed by atoms with E-state index in [0.717, 1.165) is 13.1 Å².